The van der Waals surface area contributed by atoms with Crippen LogP contribution in [0.5, 0.6) is 5.75 Å². The summed E-state index contributed by atoms with van der Waals surface area (Å²) in [5.41, 5.74) is 0.850. The smallest absolute Gasteiger partial charge is 0.297 e. The van der Waals surface area contributed by atoms with Gasteiger partial charge in [-0.1, -0.05) is 35.9 Å². The standard InChI is InChI=1S/C22H29Cl2N3O3S/c1-5-11-29-19-14-18(24)17(23)13-16(19)20(26-31(28)22(2,3)4)15-6-9-27(10-7-15)21-25-8-12-30-21/h5,8,12-15,20,26H,1,6-7,9-11H2,2-4H3. The average Bonchev–Trinajstić information content (AvgIpc) is 3.27. The molecule has 0 radical (unpaired) electrons. The number of nitrogens with one attached hydrogen (secondary N) is 1. The molecule has 1 aromatic carbocycles. The fourth-order valence-corrected chi connectivity index (χ4v) is 4.79. The summed E-state index contributed by atoms with van der Waals surface area (Å²) >= 11 is 11.4. The van der Waals surface area contributed by atoms with Crippen molar-refractivity contribution in [3.63, 3.8) is 0 Å². The van der Waals surface area contributed by atoms with E-state index in [1.54, 1.807) is 24.6 Å². The highest BCUT2D eigenvalue weighted by Crippen LogP contribution is 2.41. The van der Waals surface area contributed by atoms with Crippen LogP contribution in [0.3, 0.4) is 0 Å². The molecule has 1 N–H and O–H groups in total. The van der Waals surface area contributed by atoms with E-state index in [-0.39, 0.29) is 12.0 Å². The Balaban J connectivity index is 1.90. The first kappa shape index (κ1) is 24.3. The number of hydrogen-bond acceptors (Lipinski definition) is 6. The lowest BCUT2D eigenvalue weighted by molar-refractivity contribution is 0.302. The molecule has 1 fully saturated rings. The molecule has 6 nitrogen and oxygen atoms in total. The van der Waals surface area contributed by atoms with Crippen molar-refractivity contribution in [2.24, 2.45) is 5.92 Å². The molecule has 0 saturated carbocycles. The molecule has 3 rings (SSSR count). The van der Waals surface area contributed by atoms with Gasteiger partial charge < -0.3 is 18.6 Å². The molecule has 0 amide bonds. The van der Waals surface area contributed by atoms with Gasteiger partial charge in [-0.05, 0) is 45.6 Å². The van der Waals surface area contributed by atoms with Gasteiger partial charge >= 0.3 is 0 Å². The Hall–Kier alpha value is -1.38. The Bertz CT molecular complexity index is 866. The molecule has 9 heteroatoms. The maximum absolute atomic E-state index is 13.1. The predicted octanol–water partition coefficient (Wildman–Crippen LogP) is 5.56. The zero-order chi connectivity index (χ0) is 22.6. The number of oxazole rings is 1. The van der Waals surface area contributed by atoms with E-state index in [0.29, 0.717) is 28.4 Å². The van der Waals surface area contributed by atoms with Gasteiger partial charge in [0.2, 0.25) is 0 Å². The zero-order valence-corrected chi connectivity index (χ0v) is 20.4. The lowest BCUT2D eigenvalue weighted by atomic mass is 9.85. The molecule has 0 bridgehead atoms. The molecule has 1 aliphatic heterocycles. The Morgan fingerprint density at radius 3 is 2.61 bits per heavy atom. The summed E-state index contributed by atoms with van der Waals surface area (Å²) in [6.45, 7) is 11.5. The molecule has 2 unspecified atom stereocenters. The molecule has 31 heavy (non-hydrogen) atoms. The first-order valence-corrected chi connectivity index (χ1v) is 12.2. The molecule has 170 valence electrons. The summed E-state index contributed by atoms with van der Waals surface area (Å²) in [6.07, 6.45) is 6.64. The molecule has 1 saturated heterocycles. The minimum atomic E-state index is -1.28. The molecule has 0 aliphatic carbocycles. The summed E-state index contributed by atoms with van der Waals surface area (Å²) in [5.74, 6) is 0.827. The van der Waals surface area contributed by atoms with Gasteiger partial charge in [-0.2, -0.15) is 0 Å². The molecule has 2 heterocycles. The van der Waals surface area contributed by atoms with E-state index in [0.717, 1.165) is 31.5 Å². The number of rotatable bonds is 8. The molecule has 0 spiro atoms. The number of halogens is 2. The Morgan fingerprint density at radius 2 is 2.03 bits per heavy atom. The van der Waals surface area contributed by atoms with Crippen LogP contribution in [0.2, 0.25) is 10.0 Å². The monoisotopic (exact) mass is 485 g/mol. The fourth-order valence-electron chi connectivity index (χ4n) is 3.56. The van der Waals surface area contributed by atoms with Crippen molar-refractivity contribution in [2.75, 3.05) is 24.6 Å². The van der Waals surface area contributed by atoms with E-state index >= 15 is 0 Å². The first-order chi connectivity index (χ1) is 14.7. The number of piperidine rings is 1. The van der Waals surface area contributed by atoms with Gasteiger partial charge in [0.05, 0.1) is 22.3 Å². The number of anilines is 1. The molecular formula is C22H29Cl2N3O3S. The highest BCUT2D eigenvalue weighted by molar-refractivity contribution is 7.90. The van der Waals surface area contributed by atoms with Crippen LogP contribution in [0, 0.1) is 5.92 Å². The average molecular weight is 486 g/mol. The van der Waals surface area contributed by atoms with Gasteiger partial charge in [0, 0.05) is 36.1 Å². The van der Waals surface area contributed by atoms with Crippen molar-refractivity contribution in [1.29, 1.82) is 0 Å². The fraction of sp³-hybridized carbons (Fsp3) is 0.500. The van der Waals surface area contributed by atoms with E-state index in [2.05, 4.69) is 21.2 Å². The Kier molecular flexibility index (Phi) is 8.21. The molecule has 2 aromatic rings. The van der Waals surface area contributed by atoms with Crippen LogP contribution in [0.25, 0.3) is 0 Å². The van der Waals surface area contributed by atoms with E-state index in [1.165, 1.54) is 0 Å². The third kappa shape index (κ3) is 6.11. The normalized spacial score (nSPS) is 17.4. The SMILES string of the molecule is C=CCOc1cc(Cl)c(Cl)cc1C(N[S+]([O-])C(C)(C)C)C1CCN(c2ncco2)CC1. The van der Waals surface area contributed by atoms with Crippen LogP contribution in [0.15, 0.2) is 41.7 Å². The topological polar surface area (TPSA) is 73.6 Å². The van der Waals surface area contributed by atoms with Crippen molar-refractivity contribution in [3.8, 4) is 5.75 Å². The van der Waals surface area contributed by atoms with E-state index in [9.17, 15) is 4.55 Å². The molecule has 1 aromatic heterocycles. The number of nitrogens with zero attached hydrogens (tertiary/aromatic N) is 2. The van der Waals surface area contributed by atoms with Crippen LogP contribution in [0.1, 0.15) is 45.2 Å². The highest BCUT2D eigenvalue weighted by atomic mass is 35.5. The van der Waals surface area contributed by atoms with Crippen LogP contribution in [-0.2, 0) is 11.4 Å². The minimum Gasteiger partial charge on any atom is -0.598 e. The van der Waals surface area contributed by atoms with Crippen molar-refractivity contribution in [1.82, 2.24) is 9.71 Å². The van der Waals surface area contributed by atoms with Crippen LogP contribution >= 0.6 is 23.2 Å². The quantitative estimate of drug-likeness (QED) is 0.389. The number of hydrogen-bond donors (Lipinski definition) is 1. The van der Waals surface area contributed by atoms with Gasteiger partial charge in [0.25, 0.3) is 6.01 Å². The van der Waals surface area contributed by atoms with Crippen molar-refractivity contribution >= 4 is 40.6 Å². The second-order valence-electron chi connectivity index (χ2n) is 8.52. The second-order valence-corrected chi connectivity index (χ2v) is 11.3. The summed E-state index contributed by atoms with van der Waals surface area (Å²) in [6, 6.07) is 3.95. The summed E-state index contributed by atoms with van der Waals surface area (Å²) < 4.78 is 27.4. The number of aromatic nitrogens is 1. The first-order valence-electron chi connectivity index (χ1n) is 10.3. The van der Waals surface area contributed by atoms with E-state index in [4.69, 9.17) is 32.4 Å². The van der Waals surface area contributed by atoms with Gasteiger partial charge in [0.15, 0.2) is 0 Å². The Morgan fingerprint density at radius 1 is 1.35 bits per heavy atom. The van der Waals surface area contributed by atoms with Gasteiger partial charge in [-0.3, -0.25) is 0 Å². The summed E-state index contributed by atoms with van der Waals surface area (Å²) in [5, 5.41) is 0.854. The van der Waals surface area contributed by atoms with Crippen LogP contribution < -0.4 is 14.4 Å². The molecule has 1 aliphatic rings. The number of benzene rings is 1. The lowest BCUT2D eigenvalue weighted by Gasteiger charge is -2.37. The van der Waals surface area contributed by atoms with Crippen molar-refractivity contribution < 1.29 is 13.7 Å². The van der Waals surface area contributed by atoms with Crippen molar-refractivity contribution in [3.05, 3.63) is 52.9 Å². The van der Waals surface area contributed by atoms with Crippen LogP contribution in [-0.4, -0.2) is 34.0 Å². The van der Waals surface area contributed by atoms with E-state index < -0.39 is 16.1 Å². The molecular weight excluding hydrogens is 457 g/mol. The molecule has 2 atom stereocenters. The maximum Gasteiger partial charge on any atom is 0.297 e. The summed E-state index contributed by atoms with van der Waals surface area (Å²) in [4.78, 5) is 6.37. The van der Waals surface area contributed by atoms with Crippen LogP contribution in [0.4, 0.5) is 6.01 Å². The predicted molar refractivity (Wildman–Crippen MR) is 127 cm³/mol. The third-order valence-electron chi connectivity index (χ3n) is 5.24. The van der Waals surface area contributed by atoms with Gasteiger partial charge in [0.1, 0.15) is 23.4 Å². The van der Waals surface area contributed by atoms with Gasteiger partial charge in [-0.25, -0.2) is 4.98 Å². The van der Waals surface area contributed by atoms with Gasteiger partial charge in [-0.15, -0.1) is 4.72 Å². The minimum absolute atomic E-state index is 0.209. The van der Waals surface area contributed by atoms with Crippen molar-refractivity contribution in [2.45, 2.75) is 44.4 Å². The van der Waals surface area contributed by atoms with E-state index in [1.807, 2.05) is 26.8 Å². The lowest BCUT2D eigenvalue weighted by Crippen LogP contribution is -2.46. The highest BCUT2D eigenvalue weighted by Gasteiger charge is 2.37. The largest absolute Gasteiger partial charge is 0.598 e. The maximum atomic E-state index is 13.1. The second kappa shape index (κ2) is 10.5. The zero-order valence-electron chi connectivity index (χ0n) is 18.1. The summed E-state index contributed by atoms with van der Waals surface area (Å²) in [7, 11) is 0. The third-order valence-corrected chi connectivity index (χ3v) is 7.54. The Labute approximate surface area is 197 Å². The number of ether oxygens (including phenoxy) is 1.